The molecule has 26 heavy (non-hydrogen) atoms. The number of aromatic nitrogens is 1. The lowest BCUT2D eigenvalue weighted by molar-refractivity contribution is -0.128. The highest BCUT2D eigenvalue weighted by atomic mass is 19.1. The second kappa shape index (κ2) is 7.81. The van der Waals surface area contributed by atoms with E-state index >= 15 is 0 Å². The molecule has 8 heteroatoms. The first kappa shape index (κ1) is 19.2. The molecular weight excluding hydrogens is 341 g/mol. The number of carbonyl (C=O) groups excluding carboxylic acids is 3. The molecule has 1 heterocycles. The van der Waals surface area contributed by atoms with E-state index in [1.165, 1.54) is 38.1 Å². The summed E-state index contributed by atoms with van der Waals surface area (Å²) in [7, 11) is 0. The first-order chi connectivity index (χ1) is 12.2. The standard InChI is InChI=1S/C18H20FN3O4/c1-9-15(11(3)23)10(2)20-16(9)18(25)22-21-17(24)12(4)26-14-7-5-13(19)6-8-14/h5-8,12,20H,1-4H3,(H,21,24)(H,22,25)/t12-/m1/s1. The third-order valence-electron chi connectivity index (χ3n) is 3.81. The number of hydrazine groups is 1. The van der Waals surface area contributed by atoms with Crippen molar-refractivity contribution < 1.29 is 23.5 Å². The summed E-state index contributed by atoms with van der Waals surface area (Å²) in [4.78, 5) is 38.7. The van der Waals surface area contributed by atoms with E-state index in [0.717, 1.165) is 0 Å². The zero-order valence-electron chi connectivity index (χ0n) is 14.9. The number of benzene rings is 1. The molecule has 0 aliphatic carbocycles. The number of aromatic amines is 1. The normalized spacial score (nSPS) is 11.6. The summed E-state index contributed by atoms with van der Waals surface area (Å²) < 4.78 is 18.2. The summed E-state index contributed by atoms with van der Waals surface area (Å²) in [5, 5.41) is 0. The molecule has 2 aromatic rings. The van der Waals surface area contributed by atoms with E-state index in [-0.39, 0.29) is 11.5 Å². The number of hydrogen-bond donors (Lipinski definition) is 3. The maximum Gasteiger partial charge on any atom is 0.286 e. The van der Waals surface area contributed by atoms with Gasteiger partial charge in [-0.3, -0.25) is 25.2 Å². The quantitative estimate of drug-likeness (QED) is 0.561. The monoisotopic (exact) mass is 361 g/mol. The molecule has 138 valence electrons. The first-order valence-electron chi connectivity index (χ1n) is 7.93. The zero-order chi connectivity index (χ0) is 19.4. The Labute approximate surface area is 149 Å². The molecule has 3 N–H and O–H groups in total. The Hall–Kier alpha value is -3.16. The maximum atomic E-state index is 12.9. The van der Waals surface area contributed by atoms with Crippen molar-refractivity contribution in [2.45, 2.75) is 33.8 Å². The number of amides is 2. The van der Waals surface area contributed by atoms with E-state index in [2.05, 4.69) is 15.8 Å². The van der Waals surface area contributed by atoms with Crippen LogP contribution in [0, 0.1) is 19.7 Å². The third kappa shape index (κ3) is 4.27. The number of ether oxygens (including phenoxy) is 1. The number of rotatable bonds is 5. The Morgan fingerprint density at radius 2 is 1.73 bits per heavy atom. The van der Waals surface area contributed by atoms with Gasteiger partial charge in [0.1, 0.15) is 17.3 Å². The summed E-state index contributed by atoms with van der Waals surface area (Å²) in [6.45, 7) is 6.25. The van der Waals surface area contributed by atoms with Gasteiger partial charge in [-0.1, -0.05) is 0 Å². The van der Waals surface area contributed by atoms with Gasteiger partial charge in [0.25, 0.3) is 11.8 Å². The SMILES string of the molecule is CC(=O)c1c(C)[nH]c(C(=O)NNC(=O)[C@@H](C)Oc2ccc(F)cc2)c1C. The van der Waals surface area contributed by atoms with Gasteiger partial charge >= 0.3 is 0 Å². The number of carbonyl (C=O) groups is 3. The maximum absolute atomic E-state index is 12.9. The minimum atomic E-state index is -0.917. The van der Waals surface area contributed by atoms with Crippen LogP contribution < -0.4 is 15.6 Å². The number of hydrogen-bond acceptors (Lipinski definition) is 4. The van der Waals surface area contributed by atoms with Crippen LogP contribution in [0.15, 0.2) is 24.3 Å². The average molecular weight is 361 g/mol. The van der Waals surface area contributed by atoms with Crippen molar-refractivity contribution in [3.05, 3.63) is 52.6 Å². The van der Waals surface area contributed by atoms with Gasteiger partial charge < -0.3 is 9.72 Å². The molecule has 2 amide bonds. The van der Waals surface area contributed by atoms with Crippen molar-refractivity contribution in [1.82, 2.24) is 15.8 Å². The number of nitrogens with one attached hydrogen (secondary N) is 3. The molecular formula is C18H20FN3O4. The van der Waals surface area contributed by atoms with Gasteiger partial charge in [-0.25, -0.2) is 4.39 Å². The highest BCUT2D eigenvalue weighted by Crippen LogP contribution is 2.18. The highest BCUT2D eigenvalue weighted by molar-refractivity contribution is 6.02. The summed E-state index contributed by atoms with van der Waals surface area (Å²) in [5.74, 6) is -1.41. The van der Waals surface area contributed by atoms with Crippen LogP contribution in [-0.4, -0.2) is 28.7 Å². The smallest absolute Gasteiger partial charge is 0.286 e. The van der Waals surface area contributed by atoms with Crippen molar-refractivity contribution in [1.29, 1.82) is 0 Å². The predicted octanol–water partition coefficient (Wildman–Crippen LogP) is 2.20. The van der Waals surface area contributed by atoms with Gasteiger partial charge in [-0.15, -0.1) is 0 Å². The van der Waals surface area contributed by atoms with Crippen LogP contribution in [0.25, 0.3) is 0 Å². The van der Waals surface area contributed by atoms with Gasteiger partial charge in [0, 0.05) is 11.3 Å². The molecule has 0 unspecified atom stereocenters. The number of ketones is 1. The van der Waals surface area contributed by atoms with E-state index in [4.69, 9.17) is 4.74 Å². The lowest BCUT2D eigenvalue weighted by atomic mass is 10.1. The molecule has 7 nitrogen and oxygen atoms in total. The Bertz CT molecular complexity index is 843. The minimum absolute atomic E-state index is 0.152. The summed E-state index contributed by atoms with van der Waals surface area (Å²) in [6, 6.07) is 5.22. The van der Waals surface area contributed by atoms with Crippen LogP contribution in [0.3, 0.4) is 0 Å². The lowest BCUT2D eigenvalue weighted by Gasteiger charge is -2.15. The van der Waals surface area contributed by atoms with E-state index in [0.29, 0.717) is 22.6 Å². The molecule has 0 spiro atoms. The summed E-state index contributed by atoms with van der Waals surface area (Å²) >= 11 is 0. The highest BCUT2D eigenvalue weighted by Gasteiger charge is 2.21. The number of Topliss-reactive ketones (excluding diaryl/α,β-unsaturated/α-hetero) is 1. The fourth-order valence-electron chi connectivity index (χ4n) is 2.56. The molecule has 0 saturated carbocycles. The third-order valence-corrected chi connectivity index (χ3v) is 3.81. The molecule has 0 fully saturated rings. The van der Waals surface area contributed by atoms with E-state index in [1.807, 2.05) is 0 Å². The van der Waals surface area contributed by atoms with Crippen molar-refractivity contribution in [3.8, 4) is 5.75 Å². The number of aryl methyl sites for hydroxylation is 1. The second-order valence-electron chi connectivity index (χ2n) is 5.84. The molecule has 1 aromatic carbocycles. The van der Waals surface area contributed by atoms with Crippen LogP contribution in [-0.2, 0) is 4.79 Å². The Morgan fingerprint density at radius 3 is 2.27 bits per heavy atom. The number of halogens is 1. The molecule has 2 rings (SSSR count). The van der Waals surface area contributed by atoms with Crippen molar-refractivity contribution >= 4 is 17.6 Å². The molecule has 0 aliphatic heterocycles. The molecule has 1 atom stereocenters. The first-order valence-corrected chi connectivity index (χ1v) is 7.93. The second-order valence-corrected chi connectivity index (χ2v) is 5.84. The van der Waals surface area contributed by atoms with Crippen molar-refractivity contribution in [2.24, 2.45) is 0 Å². The average Bonchev–Trinajstić information content (AvgIpc) is 2.89. The van der Waals surface area contributed by atoms with Gasteiger partial charge in [0.05, 0.1) is 0 Å². The van der Waals surface area contributed by atoms with Crippen LogP contribution in [0.1, 0.15) is 46.0 Å². The molecule has 0 radical (unpaired) electrons. The lowest BCUT2D eigenvalue weighted by Crippen LogP contribution is -2.47. The van der Waals surface area contributed by atoms with E-state index in [9.17, 15) is 18.8 Å². The van der Waals surface area contributed by atoms with Crippen LogP contribution in [0.5, 0.6) is 5.75 Å². The van der Waals surface area contributed by atoms with Gasteiger partial charge in [0.2, 0.25) is 0 Å². The largest absolute Gasteiger partial charge is 0.481 e. The molecule has 0 saturated heterocycles. The van der Waals surface area contributed by atoms with Crippen LogP contribution in [0.2, 0.25) is 0 Å². The van der Waals surface area contributed by atoms with Crippen LogP contribution >= 0.6 is 0 Å². The molecule has 0 aliphatic rings. The fourth-order valence-corrected chi connectivity index (χ4v) is 2.56. The van der Waals surface area contributed by atoms with Gasteiger partial charge in [-0.2, -0.15) is 0 Å². The number of H-pyrrole nitrogens is 1. The molecule has 1 aromatic heterocycles. The topological polar surface area (TPSA) is 100 Å². The fraction of sp³-hybridized carbons (Fsp3) is 0.278. The summed E-state index contributed by atoms with van der Waals surface area (Å²) in [6.07, 6.45) is -0.917. The van der Waals surface area contributed by atoms with Gasteiger partial charge in [-0.05, 0) is 57.5 Å². The van der Waals surface area contributed by atoms with Crippen LogP contribution in [0.4, 0.5) is 4.39 Å². The Kier molecular flexibility index (Phi) is 5.76. The zero-order valence-corrected chi connectivity index (χ0v) is 14.9. The Morgan fingerprint density at radius 1 is 1.12 bits per heavy atom. The summed E-state index contributed by atoms with van der Waals surface area (Å²) in [5.41, 5.74) is 6.27. The van der Waals surface area contributed by atoms with E-state index < -0.39 is 23.7 Å². The Balaban J connectivity index is 1.96. The van der Waals surface area contributed by atoms with E-state index in [1.54, 1.807) is 13.8 Å². The minimum Gasteiger partial charge on any atom is -0.481 e. The van der Waals surface area contributed by atoms with Gasteiger partial charge in [0.15, 0.2) is 11.9 Å². The van der Waals surface area contributed by atoms with Crippen molar-refractivity contribution in [3.63, 3.8) is 0 Å². The van der Waals surface area contributed by atoms with Crippen molar-refractivity contribution in [2.75, 3.05) is 0 Å². The predicted molar refractivity (Wildman–Crippen MR) is 92.4 cm³/mol. The molecule has 0 bridgehead atoms.